The molecule has 0 unspecified atom stereocenters. The first kappa shape index (κ1) is 18.6. The van der Waals surface area contributed by atoms with Gasteiger partial charge in [-0.1, -0.05) is 60.7 Å². The van der Waals surface area contributed by atoms with Crippen molar-refractivity contribution in [3.05, 3.63) is 90.0 Å². The van der Waals surface area contributed by atoms with E-state index >= 15 is 0 Å². The van der Waals surface area contributed by atoms with Crippen molar-refractivity contribution in [2.24, 2.45) is 0 Å². The molecule has 4 aromatic rings. The lowest BCUT2D eigenvalue weighted by Crippen LogP contribution is -3.00. The van der Waals surface area contributed by atoms with E-state index in [1.807, 2.05) is 74.9 Å². The van der Waals surface area contributed by atoms with Gasteiger partial charge < -0.3 is 9.47 Å². The summed E-state index contributed by atoms with van der Waals surface area (Å²) < 4.78 is 2.16. The lowest BCUT2D eigenvalue weighted by Gasteiger charge is -2.11. The van der Waals surface area contributed by atoms with Crippen LogP contribution in [0.5, 0.6) is 0 Å². The Kier molecular flexibility index (Phi) is 5.19. The molecule has 0 saturated heterocycles. The maximum atomic E-state index is 9.96. The molecule has 2 heterocycles. The van der Waals surface area contributed by atoms with Gasteiger partial charge in [0.25, 0.3) is 0 Å². The van der Waals surface area contributed by atoms with Crippen LogP contribution >= 0.6 is 0 Å². The molecular weight excluding hydrogens is 358 g/mol. The van der Waals surface area contributed by atoms with Crippen LogP contribution in [0.2, 0.25) is 0 Å². The largest absolute Gasteiger partial charge is 0.332 e. The molecule has 2 aromatic carbocycles. The highest BCUT2D eigenvalue weighted by Gasteiger charge is 2.21. The zero-order valence-corrected chi connectivity index (χ0v) is 16.5. The third kappa shape index (κ3) is 3.66. The minimum absolute atomic E-state index is 0.577. The number of benzene rings is 2. The molecular formula is C24H22N5+. The van der Waals surface area contributed by atoms with E-state index < -0.39 is 0 Å². The van der Waals surface area contributed by atoms with E-state index in [1.54, 1.807) is 6.33 Å². The van der Waals surface area contributed by atoms with Gasteiger partial charge in [-0.3, -0.25) is 0 Å². The van der Waals surface area contributed by atoms with Gasteiger partial charge in [0.15, 0.2) is 0 Å². The van der Waals surface area contributed by atoms with Gasteiger partial charge in [-0.2, -0.15) is 5.26 Å². The molecule has 4 rings (SSSR count). The Bertz CT molecular complexity index is 1200. The minimum Gasteiger partial charge on any atom is -0.332 e. The van der Waals surface area contributed by atoms with Crippen molar-refractivity contribution in [1.29, 1.82) is 5.26 Å². The van der Waals surface area contributed by atoms with Gasteiger partial charge in [0.05, 0.1) is 37.2 Å². The van der Waals surface area contributed by atoms with Crippen LogP contribution in [0, 0.1) is 11.3 Å². The highest BCUT2D eigenvalue weighted by Crippen LogP contribution is 2.32. The summed E-state index contributed by atoms with van der Waals surface area (Å²) in [6.45, 7) is 0.634. The number of fused-ring (bicyclic) bond motifs is 1. The van der Waals surface area contributed by atoms with Gasteiger partial charge in [0.2, 0.25) is 0 Å². The molecule has 1 N–H and O–H groups in total. The first-order valence-corrected chi connectivity index (χ1v) is 9.54. The van der Waals surface area contributed by atoms with Gasteiger partial charge in [-0.05, 0) is 5.56 Å². The quantitative estimate of drug-likeness (QED) is 0.579. The highest BCUT2D eigenvalue weighted by molar-refractivity contribution is 5.96. The molecule has 5 nitrogen and oxygen atoms in total. The Morgan fingerprint density at radius 3 is 2.34 bits per heavy atom. The number of quaternary nitrogens is 1. The lowest BCUT2D eigenvalue weighted by atomic mass is 10.1. The van der Waals surface area contributed by atoms with Crippen molar-refractivity contribution in [2.45, 2.75) is 6.54 Å². The van der Waals surface area contributed by atoms with Crippen molar-refractivity contribution in [2.75, 3.05) is 14.1 Å². The van der Waals surface area contributed by atoms with E-state index in [4.69, 9.17) is 0 Å². The van der Waals surface area contributed by atoms with E-state index in [0.29, 0.717) is 17.6 Å². The number of aromatic nitrogens is 3. The van der Waals surface area contributed by atoms with Crippen LogP contribution in [-0.4, -0.2) is 28.6 Å². The Labute approximate surface area is 170 Å². The average molecular weight is 380 g/mol. The van der Waals surface area contributed by atoms with E-state index in [-0.39, 0.29) is 0 Å². The van der Waals surface area contributed by atoms with Crippen molar-refractivity contribution >= 4 is 17.1 Å². The summed E-state index contributed by atoms with van der Waals surface area (Å²) in [7, 11) is 4.09. The number of rotatable bonds is 5. The second-order valence-electron chi connectivity index (χ2n) is 7.14. The zero-order valence-electron chi connectivity index (χ0n) is 16.5. The third-order valence-electron chi connectivity index (χ3n) is 4.79. The fraction of sp³-hybridized carbons (Fsp3) is 0.125. The minimum atomic E-state index is 0.577. The Balaban J connectivity index is 2.04. The Morgan fingerprint density at radius 2 is 1.69 bits per heavy atom. The van der Waals surface area contributed by atoms with Gasteiger partial charge in [0, 0.05) is 18.2 Å². The van der Waals surface area contributed by atoms with Gasteiger partial charge in [0.1, 0.15) is 23.5 Å². The number of nitriles is 1. The standard InChI is InChI=1S/C24H21N5/c1-28(2)14-13-21-20(15-25)23-24(29(21)16-18-9-5-3-6-10-18)22(26-17-27-23)19-11-7-4-8-12-19/h3-14,17H,16H2,1-2H3/p+1. The predicted molar refractivity (Wildman–Crippen MR) is 115 cm³/mol. The van der Waals surface area contributed by atoms with Crippen LogP contribution in [0.15, 0.2) is 73.2 Å². The van der Waals surface area contributed by atoms with Crippen LogP contribution in [0.1, 0.15) is 16.8 Å². The summed E-state index contributed by atoms with van der Waals surface area (Å²) in [5.41, 5.74) is 5.99. The van der Waals surface area contributed by atoms with Crippen molar-refractivity contribution < 1.29 is 4.90 Å². The smallest absolute Gasteiger partial charge is 0.116 e. The second-order valence-corrected chi connectivity index (χ2v) is 7.14. The zero-order chi connectivity index (χ0) is 20.2. The van der Waals surface area contributed by atoms with Crippen molar-refractivity contribution in [3.63, 3.8) is 0 Å². The second kappa shape index (κ2) is 8.09. The number of hydrogen-bond acceptors (Lipinski definition) is 3. The summed E-state index contributed by atoms with van der Waals surface area (Å²) >= 11 is 0. The van der Waals surface area contributed by atoms with Crippen LogP contribution in [0.25, 0.3) is 28.4 Å². The van der Waals surface area contributed by atoms with Crippen LogP contribution in [-0.2, 0) is 6.54 Å². The average Bonchev–Trinajstić information content (AvgIpc) is 3.06. The normalized spacial score (nSPS) is 11.4. The Morgan fingerprint density at radius 1 is 1.00 bits per heavy atom. The third-order valence-corrected chi connectivity index (χ3v) is 4.79. The van der Waals surface area contributed by atoms with Gasteiger partial charge in [-0.25, -0.2) is 9.97 Å². The molecule has 0 bridgehead atoms. The maximum Gasteiger partial charge on any atom is 0.116 e. The van der Waals surface area contributed by atoms with Gasteiger partial charge in [-0.15, -0.1) is 0 Å². The monoisotopic (exact) mass is 380 g/mol. The molecule has 5 heteroatoms. The molecule has 0 atom stereocenters. The SMILES string of the molecule is C[NH+](C)C=Cc1c(C#N)c2ncnc(-c3ccccc3)c2n1Cc1ccccc1. The molecule has 0 amide bonds. The molecule has 0 spiro atoms. The molecule has 0 aliphatic heterocycles. The summed E-state index contributed by atoms with van der Waals surface area (Å²) in [5, 5.41) is 9.96. The van der Waals surface area contributed by atoms with Crippen molar-refractivity contribution in [1.82, 2.24) is 14.5 Å². The summed E-state index contributed by atoms with van der Waals surface area (Å²) in [6.07, 6.45) is 5.59. The number of nitrogens with one attached hydrogen (secondary N) is 1. The number of nitrogens with zero attached hydrogens (tertiary/aromatic N) is 4. The van der Waals surface area contributed by atoms with Crippen LogP contribution in [0.3, 0.4) is 0 Å². The molecule has 0 radical (unpaired) electrons. The van der Waals surface area contributed by atoms with Crippen LogP contribution in [0.4, 0.5) is 0 Å². The fourth-order valence-corrected chi connectivity index (χ4v) is 3.46. The molecule has 0 fully saturated rings. The first-order valence-electron chi connectivity index (χ1n) is 9.54. The van der Waals surface area contributed by atoms with E-state index in [1.165, 1.54) is 4.90 Å². The molecule has 0 aliphatic rings. The predicted octanol–water partition coefficient (Wildman–Crippen LogP) is 3.13. The van der Waals surface area contributed by atoms with E-state index in [2.05, 4.69) is 32.7 Å². The van der Waals surface area contributed by atoms with E-state index in [9.17, 15) is 5.26 Å². The summed E-state index contributed by atoms with van der Waals surface area (Å²) in [5.74, 6) is 0. The fourth-order valence-electron chi connectivity index (χ4n) is 3.46. The van der Waals surface area contributed by atoms with E-state index in [0.717, 1.165) is 28.0 Å². The summed E-state index contributed by atoms with van der Waals surface area (Å²) in [6, 6.07) is 22.7. The Hall–Kier alpha value is -3.75. The van der Waals surface area contributed by atoms with Gasteiger partial charge >= 0.3 is 0 Å². The number of hydrogen-bond donors (Lipinski definition) is 1. The highest BCUT2D eigenvalue weighted by atomic mass is 15.1. The van der Waals surface area contributed by atoms with Crippen molar-refractivity contribution in [3.8, 4) is 17.3 Å². The maximum absolute atomic E-state index is 9.96. The first-order chi connectivity index (χ1) is 14.2. The van der Waals surface area contributed by atoms with Crippen LogP contribution < -0.4 is 4.90 Å². The molecule has 29 heavy (non-hydrogen) atoms. The lowest BCUT2D eigenvalue weighted by molar-refractivity contribution is -0.800. The molecule has 0 saturated carbocycles. The topological polar surface area (TPSA) is 58.9 Å². The molecule has 0 aliphatic carbocycles. The molecule has 2 aromatic heterocycles. The summed E-state index contributed by atoms with van der Waals surface area (Å²) in [4.78, 5) is 10.3. The molecule has 142 valence electrons.